The molecule has 110 valence electrons. The summed E-state index contributed by atoms with van der Waals surface area (Å²) >= 11 is 0. The number of rotatable bonds is 1. The summed E-state index contributed by atoms with van der Waals surface area (Å²) in [6.45, 7) is 5.11. The Balaban J connectivity index is 2.15. The summed E-state index contributed by atoms with van der Waals surface area (Å²) in [6, 6.07) is 6.79. The van der Waals surface area contributed by atoms with Gasteiger partial charge >= 0.3 is 11.6 Å². The highest BCUT2D eigenvalue weighted by atomic mass is 16.6. The maximum atomic E-state index is 11.5. The van der Waals surface area contributed by atoms with Crippen LogP contribution in [-0.2, 0) is 16.0 Å². The number of hydrogen-bond acceptors (Lipinski definition) is 5. The van der Waals surface area contributed by atoms with Crippen molar-refractivity contribution >= 4 is 16.9 Å². The lowest BCUT2D eigenvalue weighted by atomic mass is 9.90. The second kappa shape index (κ2) is 4.62. The highest BCUT2D eigenvalue weighted by Gasteiger charge is 2.40. The molecule has 21 heavy (non-hydrogen) atoms. The molecule has 1 aliphatic heterocycles. The van der Waals surface area contributed by atoms with Crippen LogP contribution in [0.15, 0.2) is 33.5 Å². The molecule has 0 radical (unpaired) electrons. The standard InChI is InChI=1S/C16H16O5/c1-9(17)19-13-8-11-12(21-16(13,2)3)6-4-10-5-7-14(18)20-15(10)11/h4-7,13H,8H2,1-3H3/t13-/m1/s1. The normalized spacial score (nSPS) is 19.7. The van der Waals surface area contributed by atoms with Crippen molar-refractivity contribution in [2.75, 3.05) is 0 Å². The minimum Gasteiger partial charge on any atom is -0.484 e. The number of carbonyl (C=O) groups excluding carboxylic acids is 1. The van der Waals surface area contributed by atoms with E-state index >= 15 is 0 Å². The first-order chi connectivity index (χ1) is 9.87. The van der Waals surface area contributed by atoms with Crippen LogP contribution in [0, 0.1) is 0 Å². The Bertz CT molecular complexity index is 772. The topological polar surface area (TPSA) is 65.7 Å². The molecule has 2 aromatic rings. The highest BCUT2D eigenvalue weighted by molar-refractivity contribution is 5.82. The molecule has 0 bridgehead atoms. The second-order valence-electron chi connectivity index (χ2n) is 5.72. The Morgan fingerprint density at radius 3 is 2.71 bits per heavy atom. The quantitative estimate of drug-likeness (QED) is 0.595. The van der Waals surface area contributed by atoms with Crippen molar-refractivity contribution in [2.24, 2.45) is 0 Å². The molecule has 0 saturated heterocycles. The minimum absolute atomic E-state index is 0.359. The summed E-state index contributed by atoms with van der Waals surface area (Å²) in [6.07, 6.45) is 0.0188. The van der Waals surface area contributed by atoms with Crippen LogP contribution < -0.4 is 10.4 Å². The Morgan fingerprint density at radius 1 is 1.29 bits per heavy atom. The van der Waals surface area contributed by atoms with Crippen LogP contribution in [-0.4, -0.2) is 17.7 Å². The van der Waals surface area contributed by atoms with Crippen LogP contribution in [0.5, 0.6) is 5.75 Å². The van der Waals surface area contributed by atoms with Crippen molar-refractivity contribution in [3.05, 3.63) is 40.2 Å². The van der Waals surface area contributed by atoms with Gasteiger partial charge in [0.2, 0.25) is 0 Å². The predicted octanol–water partition coefficient (Wildman–Crippen LogP) is 2.44. The zero-order valence-electron chi connectivity index (χ0n) is 12.1. The molecule has 1 aliphatic rings. The fourth-order valence-electron chi connectivity index (χ4n) is 2.63. The van der Waals surface area contributed by atoms with Crippen LogP contribution >= 0.6 is 0 Å². The number of ether oxygens (including phenoxy) is 2. The number of carbonyl (C=O) groups is 1. The summed E-state index contributed by atoms with van der Waals surface area (Å²) in [5, 5.41) is 0.818. The molecule has 5 heteroatoms. The van der Waals surface area contributed by atoms with Gasteiger partial charge in [0, 0.05) is 30.4 Å². The van der Waals surface area contributed by atoms with E-state index < -0.39 is 17.3 Å². The van der Waals surface area contributed by atoms with Crippen molar-refractivity contribution in [3.8, 4) is 5.75 Å². The molecule has 0 spiro atoms. The number of hydrogen-bond donors (Lipinski definition) is 0. The molecular weight excluding hydrogens is 272 g/mol. The molecule has 0 fully saturated rings. The maximum absolute atomic E-state index is 11.5. The first-order valence-corrected chi connectivity index (χ1v) is 6.79. The zero-order chi connectivity index (χ0) is 15.2. The third kappa shape index (κ3) is 2.39. The van der Waals surface area contributed by atoms with E-state index in [4.69, 9.17) is 13.9 Å². The fraction of sp³-hybridized carbons (Fsp3) is 0.375. The first-order valence-electron chi connectivity index (χ1n) is 6.79. The lowest BCUT2D eigenvalue weighted by Crippen LogP contribution is -2.48. The van der Waals surface area contributed by atoms with E-state index in [1.54, 1.807) is 6.07 Å². The van der Waals surface area contributed by atoms with Crippen molar-refractivity contribution in [2.45, 2.75) is 38.9 Å². The number of esters is 1. The lowest BCUT2D eigenvalue weighted by Gasteiger charge is -2.39. The van der Waals surface area contributed by atoms with Crippen LogP contribution in [0.1, 0.15) is 26.3 Å². The molecule has 0 amide bonds. The summed E-state index contributed by atoms with van der Waals surface area (Å²) in [5.41, 5.74) is 0.203. The SMILES string of the molecule is CC(=O)O[C@@H]1Cc2c(ccc3ccc(=O)oc23)OC1(C)C. The van der Waals surface area contributed by atoms with E-state index in [1.165, 1.54) is 13.0 Å². The Kier molecular flexibility index (Phi) is 3.01. The third-order valence-corrected chi connectivity index (χ3v) is 3.70. The van der Waals surface area contributed by atoms with Crippen LogP contribution in [0.3, 0.4) is 0 Å². The van der Waals surface area contributed by atoms with Gasteiger partial charge in [0.15, 0.2) is 0 Å². The largest absolute Gasteiger partial charge is 0.484 e. The second-order valence-corrected chi connectivity index (χ2v) is 5.72. The number of benzene rings is 1. The molecule has 0 N–H and O–H groups in total. The van der Waals surface area contributed by atoms with Gasteiger partial charge in [-0.3, -0.25) is 4.79 Å². The van der Waals surface area contributed by atoms with Gasteiger partial charge in [0.05, 0.1) is 0 Å². The summed E-state index contributed by atoms with van der Waals surface area (Å²) in [5.74, 6) is 0.298. The molecule has 0 aliphatic carbocycles. The lowest BCUT2D eigenvalue weighted by molar-refractivity contribution is -0.158. The zero-order valence-corrected chi connectivity index (χ0v) is 12.1. The van der Waals surface area contributed by atoms with Crippen LogP contribution in [0.2, 0.25) is 0 Å². The van der Waals surface area contributed by atoms with Crippen LogP contribution in [0.25, 0.3) is 11.0 Å². The van der Waals surface area contributed by atoms with Gasteiger partial charge in [0.1, 0.15) is 23.0 Å². The molecule has 1 aromatic heterocycles. The van der Waals surface area contributed by atoms with E-state index in [-0.39, 0.29) is 5.97 Å². The van der Waals surface area contributed by atoms with Crippen molar-refractivity contribution < 1.29 is 18.7 Å². The van der Waals surface area contributed by atoms with E-state index in [1.807, 2.05) is 26.0 Å². The van der Waals surface area contributed by atoms with Crippen molar-refractivity contribution in [1.82, 2.24) is 0 Å². The minimum atomic E-state index is -0.637. The van der Waals surface area contributed by atoms with Gasteiger partial charge in [-0.2, -0.15) is 0 Å². The average molecular weight is 288 g/mol. The summed E-state index contributed by atoms with van der Waals surface area (Å²) < 4.78 is 16.6. The Hall–Kier alpha value is -2.30. The van der Waals surface area contributed by atoms with Gasteiger partial charge in [-0.1, -0.05) is 0 Å². The highest BCUT2D eigenvalue weighted by Crippen LogP contribution is 2.38. The van der Waals surface area contributed by atoms with Gasteiger partial charge < -0.3 is 13.9 Å². The molecule has 2 heterocycles. The van der Waals surface area contributed by atoms with E-state index in [0.717, 1.165) is 10.9 Å². The molecule has 1 aromatic carbocycles. The molecule has 0 unspecified atom stereocenters. The molecule has 0 saturated carbocycles. The van der Waals surface area contributed by atoms with Gasteiger partial charge in [-0.15, -0.1) is 0 Å². The average Bonchev–Trinajstić information content (AvgIpc) is 2.38. The van der Waals surface area contributed by atoms with Gasteiger partial charge in [-0.25, -0.2) is 4.79 Å². The van der Waals surface area contributed by atoms with E-state index in [2.05, 4.69) is 0 Å². The molecular formula is C16H16O5. The fourth-order valence-corrected chi connectivity index (χ4v) is 2.63. The van der Waals surface area contributed by atoms with E-state index in [9.17, 15) is 9.59 Å². The van der Waals surface area contributed by atoms with Crippen molar-refractivity contribution in [3.63, 3.8) is 0 Å². The van der Waals surface area contributed by atoms with Gasteiger partial charge in [-0.05, 0) is 32.0 Å². The van der Waals surface area contributed by atoms with E-state index in [0.29, 0.717) is 17.8 Å². The number of fused-ring (bicyclic) bond motifs is 3. The van der Waals surface area contributed by atoms with Crippen LogP contribution in [0.4, 0.5) is 0 Å². The third-order valence-electron chi connectivity index (χ3n) is 3.70. The summed E-state index contributed by atoms with van der Waals surface area (Å²) in [4.78, 5) is 22.7. The van der Waals surface area contributed by atoms with Gasteiger partial charge in [0.25, 0.3) is 0 Å². The molecule has 1 atom stereocenters. The molecule has 3 rings (SSSR count). The Morgan fingerprint density at radius 2 is 2.00 bits per heavy atom. The monoisotopic (exact) mass is 288 g/mol. The molecule has 5 nitrogen and oxygen atoms in total. The maximum Gasteiger partial charge on any atom is 0.336 e. The smallest absolute Gasteiger partial charge is 0.336 e. The Labute approximate surface area is 121 Å². The summed E-state index contributed by atoms with van der Waals surface area (Å²) in [7, 11) is 0. The van der Waals surface area contributed by atoms with Crippen molar-refractivity contribution in [1.29, 1.82) is 0 Å². The predicted molar refractivity (Wildman–Crippen MR) is 76.4 cm³/mol. The first kappa shape index (κ1) is 13.7.